The summed E-state index contributed by atoms with van der Waals surface area (Å²) in [5, 5.41) is 9.71. The highest BCUT2D eigenvalue weighted by Gasteiger charge is 2.28. The van der Waals surface area contributed by atoms with Crippen LogP contribution in [0.2, 0.25) is 0 Å². The molecule has 0 aliphatic carbocycles. The Morgan fingerprint density at radius 2 is 1.74 bits per heavy atom. The third kappa shape index (κ3) is 2.27. The average Bonchev–Trinajstić information content (AvgIpc) is 2.61. The smallest absolute Gasteiger partial charge is 0.337 e. The van der Waals surface area contributed by atoms with Crippen LogP contribution in [0.4, 0.5) is 0 Å². The second kappa shape index (κ2) is 5.29. The van der Waals surface area contributed by atoms with E-state index in [1.165, 1.54) is 0 Å². The van der Waals surface area contributed by atoms with E-state index in [0.717, 1.165) is 28.0 Å². The fourth-order valence-corrected chi connectivity index (χ4v) is 3.15. The second-order valence-electron chi connectivity index (χ2n) is 5.63. The number of rotatable bonds is 2. The molecule has 0 radical (unpaired) electrons. The van der Waals surface area contributed by atoms with Gasteiger partial charge in [-0.25, -0.2) is 4.79 Å². The highest BCUT2D eigenvalue weighted by atomic mass is 16.4. The Morgan fingerprint density at radius 1 is 1.00 bits per heavy atom. The van der Waals surface area contributed by atoms with Crippen molar-refractivity contribution in [2.24, 2.45) is 0 Å². The molecular formula is C20H15NO2. The molecule has 0 amide bonds. The SMILES string of the molecule is O=C(O)C1=C2c3ccccc3C=CN2CC(c2ccccc2)=C1. The van der Waals surface area contributed by atoms with Gasteiger partial charge >= 0.3 is 5.97 Å². The summed E-state index contributed by atoms with van der Waals surface area (Å²) in [6, 6.07) is 17.8. The summed E-state index contributed by atoms with van der Waals surface area (Å²) in [6.07, 6.45) is 5.81. The van der Waals surface area contributed by atoms with E-state index in [4.69, 9.17) is 0 Å². The number of hydrogen-bond donors (Lipinski definition) is 1. The van der Waals surface area contributed by atoms with Gasteiger partial charge in [0.1, 0.15) is 0 Å². The maximum absolute atomic E-state index is 11.8. The maximum atomic E-state index is 11.8. The summed E-state index contributed by atoms with van der Waals surface area (Å²) in [7, 11) is 0. The van der Waals surface area contributed by atoms with E-state index in [0.29, 0.717) is 12.1 Å². The van der Waals surface area contributed by atoms with Gasteiger partial charge in [0.25, 0.3) is 0 Å². The summed E-state index contributed by atoms with van der Waals surface area (Å²) in [5.74, 6) is -0.900. The van der Waals surface area contributed by atoms with Crippen molar-refractivity contribution in [2.75, 3.05) is 6.54 Å². The van der Waals surface area contributed by atoms with Crippen LogP contribution in [0.5, 0.6) is 0 Å². The van der Waals surface area contributed by atoms with Gasteiger partial charge in [0.05, 0.1) is 11.3 Å². The Morgan fingerprint density at radius 3 is 2.52 bits per heavy atom. The number of carbonyl (C=O) groups is 1. The van der Waals surface area contributed by atoms with Crippen LogP contribution in [0.15, 0.2) is 72.4 Å². The molecule has 0 spiro atoms. The number of fused-ring (bicyclic) bond motifs is 3. The molecule has 0 unspecified atom stereocenters. The van der Waals surface area contributed by atoms with Crippen LogP contribution in [0, 0.1) is 0 Å². The van der Waals surface area contributed by atoms with Crippen molar-refractivity contribution in [2.45, 2.75) is 0 Å². The van der Waals surface area contributed by atoms with E-state index in [-0.39, 0.29) is 0 Å². The molecule has 0 bridgehead atoms. The molecule has 112 valence electrons. The minimum atomic E-state index is -0.900. The van der Waals surface area contributed by atoms with Gasteiger partial charge in [-0.05, 0) is 28.9 Å². The monoisotopic (exact) mass is 301 g/mol. The molecule has 2 aliphatic heterocycles. The number of benzene rings is 2. The number of nitrogens with zero attached hydrogens (tertiary/aromatic N) is 1. The van der Waals surface area contributed by atoms with Crippen LogP contribution < -0.4 is 0 Å². The van der Waals surface area contributed by atoms with Gasteiger partial charge in [-0.3, -0.25) is 0 Å². The molecule has 3 nitrogen and oxygen atoms in total. The second-order valence-corrected chi connectivity index (χ2v) is 5.63. The van der Waals surface area contributed by atoms with E-state index in [1.54, 1.807) is 6.08 Å². The van der Waals surface area contributed by atoms with E-state index >= 15 is 0 Å². The van der Waals surface area contributed by atoms with Crippen LogP contribution >= 0.6 is 0 Å². The standard InChI is InChI=1S/C20H15NO2/c22-20(23)18-12-16(14-6-2-1-3-7-14)13-21-11-10-15-8-4-5-9-17(15)19(18)21/h1-12H,13H2,(H,22,23). The zero-order valence-electron chi connectivity index (χ0n) is 12.4. The van der Waals surface area contributed by atoms with Crippen LogP contribution in [0.25, 0.3) is 17.3 Å². The highest BCUT2D eigenvalue weighted by Crippen LogP contribution is 2.37. The molecule has 2 aliphatic rings. The lowest BCUT2D eigenvalue weighted by atomic mass is 9.91. The summed E-state index contributed by atoms with van der Waals surface area (Å²) in [4.78, 5) is 13.9. The van der Waals surface area contributed by atoms with E-state index in [1.807, 2.05) is 71.8 Å². The quantitative estimate of drug-likeness (QED) is 0.915. The molecule has 1 N–H and O–H groups in total. The Hall–Kier alpha value is -3.07. The first kappa shape index (κ1) is 13.6. The lowest BCUT2D eigenvalue weighted by Crippen LogP contribution is -2.27. The van der Waals surface area contributed by atoms with Gasteiger partial charge in [-0.1, -0.05) is 54.6 Å². The molecule has 2 aromatic rings. The number of aliphatic carboxylic acids is 1. The summed E-state index contributed by atoms with van der Waals surface area (Å²) >= 11 is 0. The molecule has 4 rings (SSSR count). The molecule has 0 fully saturated rings. The van der Waals surface area contributed by atoms with Crippen LogP contribution in [-0.2, 0) is 4.79 Å². The zero-order chi connectivity index (χ0) is 15.8. The molecule has 0 saturated heterocycles. The Kier molecular flexibility index (Phi) is 3.12. The highest BCUT2D eigenvalue weighted by molar-refractivity contribution is 6.04. The summed E-state index contributed by atoms with van der Waals surface area (Å²) in [6.45, 7) is 0.668. The topological polar surface area (TPSA) is 40.5 Å². The molecule has 23 heavy (non-hydrogen) atoms. The molecular weight excluding hydrogens is 286 g/mol. The molecule has 0 saturated carbocycles. The maximum Gasteiger partial charge on any atom is 0.337 e. The average molecular weight is 301 g/mol. The molecule has 0 aromatic heterocycles. The van der Waals surface area contributed by atoms with Crippen molar-refractivity contribution < 1.29 is 9.90 Å². The van der Waals surface area contributed by atoms with Crippen LogP contribution in [0.1, 0.15) is 16.7 Å². The van der Waals surface area contributed by atoms with Crippen LogP contribution in [0.3, 0.4) is 0 Å². The Labute approximate surface area is 134 Å². The Balaban J connectivity index is 1.92. The number of carboxylic acid groups (broad SMARTS) is 1. The molecule has 2 heterocycles. The normalized spacial score (nSPS) is 15.8. The first-order chi connectivity index (χ1) is 11.2. The zero-order valence-corrected chi connectivity index (χ0v) is 12.4. The van der Waals surface area contributed by atoms with E-state index in [9.17, 15) is 9.90 Å². The third-order valence-electron chi connectivity index (χ3n) is 4.23. The molecule has 3 heteroatoms. The van der Waals surface area contributed by atoms with Crippen molar-refractivity contribution >= 4 is 23.3 Å². The first-order valence-electron chi connectivity index (χ1n) is 7.52. The number of carboxylic acids is 1. The van der Waals surface area contributed by atoms with Gasteiger partial charge in [-0.2, -0.15) is 0 Å². The van der Waals surface area contributed by atoms with Gasteiger partial charge in [0.2, 0.25) is 0 Å². The fourth-order valence-electron chi connectivity index (χ4n) is 3.15. The van der Waals surface area contributed by atoms with Gasteiger partial charge in [-0.15, -0.1) is 0 Å². The fraction of sp³-hybridized carbons (Fsp3) is 0.0500. The van der Waals surface area contributed by atoms with E-state index < -0.39 is 5.97 Å². The minimum Gasteiger partial charge on any atom is -0.478 e. The van der Waals surface area contributed by atoms with Gasteiger partial charge in [0.15, 0.2) is 0 Å². The van der Waals surface area contributed by atoms with Crippen molar-refractivity contribution in [1.29, 1.82) is 0 Å². The predicted octanol–water partition coefficient (Wildman–Crippen LogP) is 3.87. The Bertz CT molecular complexity index is 876. The summed E-state index contributed by atoms with van der Waals surface area (Å²) < 4.78 is 0. The summed E-state index contributed by atoms with van der Waals surface area (Å²) in [5.41, 5.74) is 5.19. The lowest BCUT2D eigenvalue weighted by molar-refractivity contribution is -0.132. The van der Waals surface area contributed by atoms with Crippen molar-refractivity contribution in [1.82, 2.24) is 4.90 Å². The van der Waals surface area contributed by atoms with Crippen molar-refractivity contribution in [3.63, 3.8) is 0 Å². The number of hydrogen-bond acceptors (Lipinski definition) is 2. The lowest BCUT2D eigenvalue weighted by Gasteiger charge is -2.33. The largest absolute Gasteiger partial charge is 0.478 e. The van der Waals surface area contributed by atoms with Gasteiger partial charge in [0, 0.05) is 18.3 Å². The first-order valence-corrected chi connectivity index (χ1v) is 7.52. The van der Waals surface area contributed by atoms with Gasteiger partial charge < -0.3 is 10.0 Å². The van der Waals surface area contributed by atoms with Crippen LogP contribution in [-0.4, -0.2) is 22.5 Å². The minimum absolute atomic E-state index is 0.340. The molecule has 2 aromatic carbocycles. The van der Waals surface area contributed by atoms with Crippen molar-refractivity contribution in [3.05, 3.63) is 89.1 Å². The van der Waals surface area contributed by atoms with Crippen molar-refractivity contribution in [3.8, 4) is 0 Å². The third-order valence-corrected chi connectivity index (χ3v) is 4.23. The van der Waals surface area contributed by atoms with E-state index in [2.05, 4.69) is 0 Å². The predicted molar refractivity (Wildman–Crippen MR) is 91.2 cm³/mol. The molecule has 0 atom stereocenters.